The molecule has 0 radical (unpaired) electrons. The average Bonchev–Trinajstić information content (AvgIpc) is 3.00. The molecule has 0 aromatic heterocycles. The molecule has 1 nitrogen and oxygen atoms in total. The Hall–Kier alpha value is -0.980. The van der Waals surface area contributed by atoms with Gasteiger partial charge in [-0.15, -0.1) is 0 Å². The van der Waals surface area contributed by atoms with E-state index in [1.54, 1.807) is 6.07 Å². The minimum Gasteiger partial charge on any atom is -0.508 e. The number of phenolic OH excluding ortho intramolecular Hbond substituents is 1. The highest BCUT2D eigenvalue weighted by Gasteiger charge is 2.28. The van der Waals surface area contributed by atoms with E-state index in [-0.39, 0.29) is 0 Å². The highest BCUT2D eigenvalue weighted by Crippen LogP contribution is 2.41. The Labute approximate surface area is 92.1 Å². The van der Waals surface area contributed by atoms with Crippen LogP contribution in [0.15, 0.2) is 24.3 Å². The Morgan fingerprint density at radius 2 is 2.07 bits per heavy atom. The molecule has 1 saturated carbocycles. The number of aromatic hydroxyl groups is 1. The van der Waals surface area contributed by atoms with Crippen molar-refractivity contribution in [2.45, 2.75) is 39.0 Å². The largest absolute Gasteiger partial charge is 0.508 e. The normalized spacial score (nSPS) is 19.9. The summed E-state index contributed by atoms with van der Waals surface area (Å²) in [5.74, 6) is 2.76. The molecule has 1 N–H and O–H groups in total. The molecule has 1 heteroatoms. The Morgan fingerprint density at radius 1 is 1.33 bits per heavy atom. The van der Waals surface area contributed by atoms with Crippen LogP contribution in [0.5, 0.6) is 5.75 Å². The first-order valence-electron chi connectivity index (χ1n) is 5.95. The maximum absolute atomic E-state index is 9.42. The Morgan fingerprint density at radius 3 is 2.67 bits per heavy atom. The van der Waals surface area contributed by atoms with Crippen molar-refractivity contribution < 1.29 is 5.11 Å². The van der Waals surface area contributed by atoms with E-state index in [1.165, 1.54) is 24.8 Å². The minimum atomic E-state index is 0.387. The highest BCUT2D eigenvalue weighted by atomic mass is 16.3. The Bertz CT molecular complexity index is 328. The lowest BCUT2D eigenvalue weighted by Crippen LogP contribution is -2.03. The van der Waals surface area contributed by atoms with Crippen LogP contribution in [0.2, 0.25) is 0 Å². The quantitative estimate of drug-likeness (QED) is 0.787. The van der Waals surface area contributed by atoms with Crippen LogP contribution >= 0.6 is 0 Å². The lowest BCUT2D eigenvalue weighted by atomic mass is 9.89. The van der Waals surface area contributed by atoms with Crippen LogP contribution in [0.4, 0.5) is 0 Å². The molecule has 15 heavy (non-hydrogen) atoms. The van der Waals surface area contributed by atoms with Gasteiger partial charge in [-0.1, -0.05) is 26.0 Å². The van der Waals surface area contributed by atoms with E-state index in [0.717, 1.165) is 11.8 Å². The fraction of sp³-hybridized carbons (Fsp3) is 0.571. The van der Waals surface area contributed by atoms with Gasteiger partial charge in [0.05, 0.1) is 0 Å². The van der Waals surface area contributed by atoms with Crippen molar-refractivity contribution in [2.24, 2.45) is 11.8 Å². The van der Waals surface area contributed by atoms with Gasteiger partial charge in [0.2, 0.25) is 0 Å². The fourth-order valence-electron chi connectivity index (χ4n) is 2.38. The van der Waals surface area contributed by atoms with Crippen molar-refractivity contribution >= 4 is 0 Å². The predicted molar refractivity (Wildman–Crippen MR) is 63.0 cm³/mol. The van der Waals surface area contributed by atoms with Crippen LogP contribution in [0, 0.1) is 11.8 Å². The van der Waals surface area contributed by atoms with Gasteiger partial charge < -0.3 is 5.11 Å². The van der Waals surface area contributed by atoms with E-state index in [1.807, 2.05) is 12.1 Å². The molecule has 1 aliphatic rings. The first-order chi connectivity index (χ1) is 7.16. The van der Waals surface area contributed by atoms with Crippen molar-refractivity contribution in [3.05, 3.63) is 29.8 Å². The molecule has 0 heterocycles. The van der Waals surface area contributed by atoms with Gasteiger partial charge in [-0.3, -0.25) is 0 Å². The van der Waals surface area contributed by atoms with E-state index < -0.39 is 0 Å². The predicted octanol–water partition coefficient (Wildman–Crippen LogP) is 3.93. The number of phenols is 1. The lowest BCUT2D eigenvalue weighted by molar-refractivity contribution is 0.431. The van der Waals surface area contributed by atoms with Gasteiger partial charge in [-0.05, 0) is 54.7 Å². The molecule has 1 aromatic rings. The molecule has 1 aliphatic carbocycles. The summed E-state index contributed by atoms with van der Waals surface area (Å²) in [5.41, 5.74) is 1.27. The molecule has 1 aromatic carbocycles. The molecule has 0 aliphatic heterocycles. The van der Waals surface area contributed by atoms with Gasteiger partial charge in [0.1, 0.15) is 5.75 Å². The highest BCUT2D eigenvalue weighted by molar-refractivity contribution is 5.29. The van der Waals surface area contributed by atoms with Gasteiger partial charge in [0.15, 0.2) is 0 Å². The molecule has 0 bridgehead atoms. The van der Waals surface area contributed by atoms with Crippen LogP contribution in [-0.4, -0.2) is 5.11 Å². The summed E-state index contributed by atoms with van der Waals surface area (Å²) in [6.07, 6.45) is 4.09. The van der Waals surface area contributed by atoms with E-state index in [4.69, 9.17) is 0 Å². The first kappa shape index (κ1) is 10.5. The third kappa shape index (κ3) is 2.74. The summed E-state index contributed by atoms with van der Waals surface area (Å²) in [7, 11) is 0. The summed E-state index contributed by atoms with van der Waals surface area (Å²) in [4.78, 5) is 0. The van der Waals surface area contributed by atoms with Crippen LogP contribution in [0.3, 0.4) is 0 Å². The summed E-state index contributed by atoms with van der Waals surface area (Å²) in [6, 6.07) is 7.68. The van der Waals surface area contributed by atoms with Crippen molar-refractivity contribution in [1.82, 2.24) is 0 Å². The van der Waals surface area contributed by atoms with E-state index >= 15 is 0 Å². The summed E-state index contributed by atoms with van der Waals surface area (Å²) < 4.78 is 0. The zero-order valence-electron chi connectivity index (χ0n) is 9.61. The average molecular weight is 204 g/mol. The molecule has 2 atom stereocenters. The van der Waals surface area contributed by atoms with Gasteiger partial charge >= 0.3 is 0 Å². The van der Waals surface area contributed by atoms with Gasteiger partial charge in [-0.2, -0.15) is 0 Å². The lowest BCUT2D eigenvalue weighted by Gasteiger charge is -2.17. The maximum Gasteiger partial charge on any atom is 0.115 e. The van der Waals surface area contributed by atoms with Crippen molar-refractivity contribution in [3.63, 3.8) is 0 Å². The maximum atomic E-state index is 9.42. The third-order valence-corrected chi connectivity index (χ3v) is 3.59. The summed E-state index contributed by atoms with van der Waals surface area (Å²) in [6.45, 7) is 4.62. The second-order valence-electron chi connectivity index (χ2n) is 5.05. The number of hydrogen-bond donors (Lipinski definition) is 1. The monoisotopic (exact) mass is 204 g/mol. The van der Waals surface area contributed by atoms with Crippen LogP contribution < -0.4 is 0 Å². The topological polar surface area (TPSA) is 20.2 Å². The van der Waals surface area contributed by atoms with Crippen molar-refractivity contribution in [3.8, 4) is 5.75 Å². The Balaban J connectivity index is 1.97. The first-order valence-corrected chi connectivity index (χ1v) is 5.95. The van der Waals surface area contributed by atoms with Gasteiger partial charge in [0.25, 0.3) is 0 Å². The molecule has 0 amide bonds. The van der Waals surface area contributed by atoms with Crippen molar-refractivity contribution in [2.75, 3.05) is 0 Å². The summed E-state index contributed by atoms with van der Waals surface area (Å²) >= 11 is 0. The molecular formula is C14H20O. The molecule has 2 rings (SSSR count). The standard InChI is InChI=1S/C14H20O/c1-10(12-6-7-12)8-11(2)13-4-3-5-14(15)9-13/h3-5,9-12,15H,6-8H2,1-2H3/t10-,11?/m1/s1. The van der Waals surface area contributed by atoms with E-state index in [2.05, 4.69) is 19.9 Å². The smallest absolute Gasteiger partial charge is 0.115 e. The molecule has 0 spiro atoms. The molecule has 1 unspecified atom stereocenters. The number of hydrogen-bond acceptors (Lipinski definition) is 1. The molecule has 82 valence electrons. The molecule has 0 saturated heterocycles. The van der Waals surface area contributed by atoms with Crippen LogP contribution in [0.25, 0.3) is 0 Å². The number of rotatable bonds is 4. The van der Waals surface area contributed by atoms with Crippen molar-refractivity contribution in [1.29, 1.82) is 0 Å². The van der Waals surface area contributed by atoms with E-state index in [9.17, 15) is 5.11 Å². The second-order valence-corrected chi connectivity index (χ2v) is 5.05. The SMILES string of the molecule is CC(C[C@@H](C)C1CC1)c1cccc(O)c1. The van der Waals surface area contributed by atoms with Gasteiger partial charge in [-0.25, -0.2) is 0 Å². The van der Waals surface area contributed by atoms with Crippen LogP contribution in [0.1, 0.15) is 44.6 Å². The molecular weight excluding hydrogens is 184 g/mol. The zero-order valence-corrected chi connectivity index (χ0v) is 9.61. The third-order valence-electron chi connectivity index (χ3n) is 3.59. The van der Waals surface area contributed by atoms with E-state index in [0.29, 0.717) is 11.7 Å². The van der Waals surface area contributed by atoms with Crippen LogP contribution in [-0.2, 0) is 0 Å². The number of benzene rings is 1. The Kier molecular flexibility index (Phi) is 2.99. The van der Waals surface area contributed by atoms with Gasteiger partial charge in [0, 0.05) is 0 Å². The summed E-state index contributed by atoms with van der Waals surface area (Å²) in [5, 5.41) is 9.42. The second kappa shape index (κ2) is 4.26. The zero-order chi connectivity index (χ0) is 10.8. The molecule has 1 fully saturated rings. The minimum absolute atomic E-state index is 0.387. The fourth-order valence-corrected chi connectivity index (χ4v) is 2.38.